The zero-order chi connectivity index (χ0) is 14.0. The number of hydrogen-bond acceptors (Lipinski definition) is 3. The SMILES string of the molecule is CCCc1ccccc1C(=O)OCC.O=C(O)O. The summed E-state index contributed by atoms with van der Waals surface area (Å²) in [4.78, 5) is 20.1. The van der Waals surface area contributed by atoms with E-state index in [-0.39, 0.29) is 5.97 Å². The third-order valence-corrected chi connectivity index (χ3v) is 2.03. The second-order valence-electron chi connectivity index (χ2n) is 3.41. The summed E-state index contributed by atoms with van der Waals surface area (Å²) in [6.07, 6.45) is 0.130. The highest BCUT2D eigenvalue weighted by Crippen LogP contribution is 2.12. The molecule has 5 nitrogen and oxygen atoms in total. The number of carbonyl (C=O) groups is 2. The van der Waals surface area contributed by atoms with Crippen molar-refractivity contribution in [2.24, 2.45) is 0 Å². The van der Waals surface area contributed by atoms with E-state index >= 15 is 0 Å². The Morgan fingerprint density at radius 3 is 2.22 bits per heavy atom. The van der Waals surface area contributed by atoms with E-state index < -0.39 is 6.16 Å². The van der Waals surface area contributed by atoms with Crippen molar-refractivity contribution < 1.29 is 24.5 Å². The monoisotopic (exact) mass is 254 g/mol. The van der Waals surface area contributed by atoms with Gasteiger partial charge in [0.1, 0.15) is 0 Å². The molecule has 0 atom stereocenters. The van der Waals surface area contributed by atoms with E-state index in [4.69, 9.17) is 19.7 Å². The van der Waals surface area contributed by atoms with Crippen LogP contribution in [0.25, 0.3) is 0 Å². The van der Waals surface area contributed by atoms with Crippen molar-refractivity contribution >= 4 is 12.1 Å². The van der Waals surface area contributed by atoms with Gasteiger partial charge in [0.15, 0.2) is 0 Å². The third-order valence-electron chi connectivity index (χ3n) is 2.03. The number of aryl methyl sites for hydroxylation is 1. The first-order valence-corrected chi connectivity index (χ1v) is 5.69. The lowest BCUT2D eigenvalue weighted by Crippen LogP contribution is -2.07. The summed E-state index contributed by atoms with van der Waals surface area (Å²) in [5.74, 6) is -0.212. The molecule has 0 spiro atoms. The van der Waals surface area contributed by atoms with E-state index in [0.29, 0.717) is 12.2 Å². The Kier molecular flexibility index (Phi) is 8.01. The first kappa shape index (κ1) is 16.0. The van der Waals surface area contributed by atoms with Crippen LogP contribution in [0.2, 0.25) is 0 Å². The Hall–Kier alpha value is -2.04. The van der Waals surface area contributed by atoms with Gasteiger partial charge in [-0.1, -0.05) is 31.5 Å². The van der Waals surface area contributed by atoms with Crippen molar-refractivity contribution in [3.63, 3.8) is 0 Å². The van der Waals surface area contributed by atoms with Gasteiger partial charge in [-0.3, -0.25) is 0 Å². The molecule has 0 aliphatic heterocycles. The van der Waals surface area contributed by atoms with Crippen molar-refractivity contribution in [2.75, 3.05) is 6.61 Å². The quantitative estimate of drug-likeness (QED) is 0.807. The fraction of sp³-hybridized carbons (Fsp3) is 0.385. The minimum Gasteiger partial charge on any atom is -0.462 e. The Labute approximate surface area is 106 Å². The van der Waals surface area contributed by atoms with Crippen molar-refractivity contribution in [3.05, 3.63) is 35.4 Å². The van der Waals surface area contributed by atoms with Gasteiger partial charge in [-0.15, -0.1) is 0 Å². The fourth-order valence-corrected chi connectivity index (χ4v) is 1.42. The average molecular weight is 254 g/mol. The van der Waals surface area contributed by atoms with Crippen molar-refractivity contribution in [2.45, 2.75) is 26.7 Å². The standard InChI is InChI=1S/C12H16O2.CH2O3/c1-3-7-10-8-5-6-9-11(10)12(13)14-4-2;2-1(3)4/h5-6,8-9H,3-4,7H2,1-2H3;(H2,2,3,4). The highest BCUT2D eigenvalue weighted by Gasteiger charge is 2.10. The molecule has 1 rings (SSSR count). The minimum atomic E-state index is -1.83. The van der Waals surface area contributed by atoms with E-state index in [0.717, 1.165) is 18.4 Å². The number of carbonyl (C=O) groups excluding carboxylic acids is 1. The molecule has 0 heterocycles. The van der Waals surface area contributed by atoms with E-state index in [2.05, 4.69) is 6.92 Å². The largest absolute Gasteiger partial charge is 0.503 e. The molecule has 0 radical (unpaired) electrons. The van der Waals surface area contributed by atoms with Gasteiger partial charge in [0.25, 0.3) is 0 Å². The summed E-state index contributed by atoms with van der Waals surface area (Å²) in [6.45, 7) is 4.35. The second-order valence-corrected chi connectivity index (χ2v) is 3.41. The van der Waals surface area contributed by atoms with Crippen LogP contribution >= 0.6 is 0 Å². The van der Waals surface area contributed by atoms with Crippen LogP contribution in [-0.2, 0) is 11.2 Å². The van der Waals surface area contributed by atoms with Crippen molar-refractivity contribution in [3.8, 4) is 0 Å². The van der Waals surface area contributed by atoms with E-state index in [1.54, 1.807) is 0 Å². The molecule has 5 heteroatoms. The lowest BCUT2D eigenvalue weighted by Gasteiger charge is -2.06. The second kappa shape index (κ2) is 9.04. The van der Waals surface area contributed by atoms with Crippen LogP contribution in [0.5, 0.6) is 0 Å². The maximum Gasteiger partial charge on any atom is 0.503 e. The summed E-state index contributed by atoms with van der Waals surface area (Å²) in [6, 6.07) is 7.62. The molecule has 0 bridgehead atoms. The summed E-state index contributed by atoms with van der Waals surface area (Å²) in [5.41, 5.74) is 1.78. The van der Waals surface area contributed by atoms with E-state index in [1.165, 1.54) is 0 Å². The Balaban J connectivity index is 0.000000631. The molecular formula is C13H18O5. The van der Waals surface area contributed by atoms with Crippen molar-refractivity contribution in [1.29, 1.82) is 0 Å². The molecule has 0 aromatic heterocycles. The number of rotatable bonds is 4. The minimum absolute atomic E-state index is 0.212. The van der Waals surface area contributed by atoms with Crippen LogP contribution in [0, 0.1) is 0 Å². The smallest absolute Gasteiger partial charge is 0.462 e. The topological polar surface area (TPSA) is 83.8 Å². The predicted molar refractivity (Wildman–Crippen MR) is 67.0 cm³/mol. The number of benzene rings is 1. The van der Waals surface area contributed by atoms with Gasteiger partial charge in [-0.2, -0.15) is 0 Å². The molecule has 2 N–H and O–H groups in total. The summed E-state index contributed by atoms with van der Waals surface area (Å²) >= 11 is 0. The Morgan fingerprint density at radius 1 is 1.17 bits per heavy atom. The molecule has 0 fully saturated rings. The molecule has 1 aromatic rings. The van der Waals surface area contributed by atoms with Crippen LogP contribution < -0.4 is 0 Å². The van der Waals surface area contributed by atoms with Crippen LogP contribution in [0.1, 0.15) is 36.2 Å². The van der Waals surface area contributed by atoms with Gasteiger partial charge in [0.2, 0.25) is 0 Å². The normalized spacial score (nSPS) is 9.00. The molecule has 0 unspecified atom stereocenters. The highest BCUT2D eigenvalue weighted by molar-refractivity contribution is 5.91. The fourth-order valence-electron chi connectivity index (χ4n) is 1.42. The summed E-state index contributed by atoms with van der Waals surface area (Å²) in [5, 5.41) is 13.9. The molecule has 0 amide bonds. The summed E-state index contributed by atoms with van der Waals surface area (Å²) < 4.78 is 4.98. The average Bonchev–Trinajstić information content (AvgIpc) is 2.29. The third kappa shape index (κ3) is 6.52. The maximum absolute atomic E-state index is 11.5. The van der Waals surface area contributed by atoms with Crippen LogP contribution in [0.4, 0.5) is 4.79 Å². The molecule has 0 aliphatic rings. The van der Waals surface area contributed by atoms with Crippen LogP contribution in [-0.4, -0.2) is 28.9 Å². The van der Waals surface area contributed by atoms with Crippen LogP contribution in [0.3, 0.4) is 0 Å². The van der Waals surface area contributed by atoms with Crippen molar-refractivity contribution in [1.82, 2.24) is 0 Å². The van der Waals surface area contributed by atoms with E-state index in [1.807, 2.05) is 31.2 Å². The Bertz CT molecular complexity index is 383. The predicted octanol–water partition coefficient (Wildman–Crippen LogP) is 3.04. The van der Waals surface area contributed by atoms with Gasteiger partial charge < -0.3 is 14.9 Å². The number of ether oxygens (including phenoxy) is 1. The maximum atomic E-state index is 11.5. The van der Waals surface area contributed by atoms with Crippen LogP contribution in [0.15, 0.2) is 24.3 Å². The molecule has 18 heavy (non-hydrogen) atoms. The number of carboxylic acid groups (broad SMARTS) is 2. The zero-order valence-corrected chi connectivity index (χ0v) is 10.5. The highest BCUT2D eigenvalue weighted by atomic mass is 16.6. The molecule has 1 aromatic carbocycles. The van der Waals surface area contributed by atoms with Gasteiger partial charge in [0, 0.05) is 0 Å². The molecule has 100 valence electrons. The lowest BCUT2D eigenvalue weighted by molar-refractivity contribution is 0.0525. The molecule has 0 aliphatic carbocycles. The number of hydrogen-bond donors (Lipinski definition) is 2. The van der Waals surface area contributed by atoms with Gasteiger partial charge >= 0.3 is 12.1 Å². The van der Waals surface area contributed by atoms with Gasteiger partial charge in [-0.25, -0.2) is 9.59 Å². The zero-order valence-electron chi connectivity index (χ0n) is 10.5. The molecule has 0 saturated carbocycles. The number of esters is 1. The summed E-state index contributed by atoms with van der Waals surface area (Å²) in [7, 11) is 0. The lowest BCUT2D eigenvalue weighted by atomic mass is 10.0. The first-order valence-electron chi connectivity index (χ1n) is 5.69. The molecule has 0 saturated heterocycles. The first-order chi connectivity index (χ1) is 8.52. The van der Waals surface area contributed by atoms with Gasteiger partial charge in [0.05, 0.1) is 12.2 Å². The van der Waals surface area contributed by atoms with Gasteiger partial charge in [-0.05, 0) is 25.0 Å². The van der Waals surface area contributed by atoms with E-state index in [9.17, 15) is 4.79 Å². The molecular weight excluding hydrogens is 236 g/mol. The Morgan fingerprint density at radius 2 is 1.72 bits per heavy atom.